The molecule has 6 atom stereocenters. The number of amides is 1. The number of aromatic nitrogens is 1. The molecule has 1 aliphatic heterocycles. The van der Waals surface area contributed by atoms with Gasteiger partial charge in [-0.1, -0.05) is 66.2 Å². The summed E-state index contributed by atoms with van der Waals surface area (Å²) in [6.45, 7) is 13.2. The van der Waals surface area contributed by atoms with Crippen molar-refractivity contribution >= 4 is 17.7 Å². The average molecular weight is 623 g/mol. The van der Waals surface area contributed by atoms with Gasteiger partial charge in [-0.05, 0) is 47.8 Å². The van der Waals surface area contributed by atoms with Gasteiger partial charge < -0.3 is 29.7 Å². The van der Waals surface area contributed by atoms with E-state index in [-0.39, 0.29) is 29.4 Å². The number of nitrogens with zero attached hydrogens (tertiary/aromatic N) is 3. The fraction of sp³-hybridized carbons (Fsp3) is 0.639. The summed E-state index contributed by atoms with van der Waals surface area (Å²) in [5.74, 6) is -0.333. The van der Waals surface area contributed by atoms with Crippen LogP contribution in [0.25, 0.3) is 0 Å². The van der Waals surface area contributed by atoms with Crippen molar-refractivity contribution in [1.82, 2.24) is 15.2 Å². The Hall–Kier alpha value is -3.17. The number of hydrogen-bond acceptors (Lipinski definition) is 7. The van der Waals surface area contributed by atoms with Crippen molar-refractivity contribution in [3.63, 3.8) is 0 Å². The van der Waals surface area contributed by atoms with E-state index in [1.807, 2.05) is 37.2 Å². The first-order valence-corrected chi connectivity index (χ1v) is 16.2. The van der Waals surface area contributed by atoms with Gasteiger partial charge in [0.2, 0.25) is 5.91 Å². The minimum atomic E-state index is -1.03. The maximum atomic E-state index is 14.7. The summed E-state index contributed by atoms with van der Waals surface area (Å²) in [5, 5.41) is 14.7. The molecule has 1 saturated carbocycles. The molecule has 45 heavy (non-hydrogen) atoms. The van der Waals surface area contributed by atoms with Crippen LogP contribution in [0.15, 0.2) is 36.5 Å². The summed E-state index contributed by atoms with van der Waals surface area (Å²) in [4.78, 5) is 36.4. The third kappa shape index (κ3) is 7.30. The van der Waals surface area contributed by atoms with Crippen LogP contribution in [-0.2, 0) is 26.3 Å². The summed E-state index contributed by atoms with van der Waals surface area (Å²) in [5.41, 5.74) is 2.50. The highest BCUT2D eigenvalue weighted by Crippen LogP contribution is 2.50. The number of anilines is 1. The van der Waals surface area contributed by atoms with Gasteiger partial charge >= 0.3 is 5.97 Å². The molecule has 2 fully saturated rings. The number of nitrogens with one attached hydrogen (secondary N) is 1. The summed E-state index contributed by atoms with van der Waals surface area (Å²) >= 11 is 0. The van der Waals surface area contributed by atoms with E-state index in [2.05, 4.69) is 59.0 Å². The van der Waals surface area contributed by atoms with Crippen LogP contribution in [0.4, 0.5) is 5.82 Å². The molecule has 248 valence electrons. The summed E-state index contributed by atoms with van der Waals surface area (Å²) in [7, 11) is 7.22. The van der Waals surface area contributed by atoms with Gasteiger partial charge in [0.05, 0.1) is 19.3 Å². The average Bonchev–Trinajstić information content (AvgIpc) is 3.35. The zero-order valence-corrected chi connectivity index (χ0v) is 28.9. The van der Waals surface area contributed by atoms with E-state index in [1.165, 1.54) is 5.56 Å². The van der Waals surface area contributed by atoms with Crippen LogP contribution in [-0.4, -0.2) is 73.4 Å². The zero-order valence-electron chi connectivity index (χ0n) is 28.9. The lowest BCUT2D eigenvalue weighted by Gasteiger charge is -2.37. The highest BCUT2D eigenvalue weighted by Gasteiger charge is 2.59. The van der Waals surface area contributed by atoms with E-state index in [1.54, 1.807) is 25.3 Å². The lowest BCUT2D eigenvalue weighted by molar-refractivity contribution is -0.155. The second-order valence-corrected chi connectivity index (χ2v) is 15.1. The predicted octanol–water partition coefficient (Wildman–Crippen LogP) is 5.82. The Kier molecular flexibility index (Phi) is 10.5. The fourth-order valence-corrected chi connectivity index (χ4v) is 7.47. The minimum absolute atomic E-state index is 0.0114. The fourth-order valence-electron chi connectivity index (χ4n) is 7.47. The maximum absolute atomic E-state index is 14.7. The Morgan fingerprint density at radius 3 is 2.38 bits per heavy atom. The molecule has 9 nitrogen and oxygen atoms in total. The molecule has 2 N–H and O–H groups in total. The van der Waals surface area contributed by atoms with E-state index in [0.717, 1.165) is 42.0 Å². The quantitative estimate of drug-likeness (QED) is 0.361. The van der Waals surface area contributed by atoms with E-state index in [0.29, 0.717) is 13.0 Å². The van der Waals surface area contributed by atoms with Crippen molar-refractivity contribution in [3.8, 4) is 5.75 Å². The van der Waals surface area contributed by atoms with Crippen molar-refractivity contribution in [2.45, 2.75) is 103 Å². The van der Waals surface area contributed by atoms with Gasteiger partial charge in [0.15, 0.2) is 0 Å². The summed E-state index contributed by atoms with van der Waals surface area (Å²) < 4.78 is 11.5. The van der Waals surface area contributed by atoms with E-state index < -0.39 is 29.4 Å². The molecule has 0 radical (unpaired) electrons. The Labute approximate surface area is 269 Å². The summed E-state index contributed by atoms with van der Waals surface area (Å²) in [6.07, 6.45) is 4.82. The van der Waals surface area contributed by atoms with Crippen molar-refractivity contribution < 1.29 is 24.2 Å². The smallest absolute Gasteiger partial charge is 0.326 e. The van der Waals surface area contributed by atoms with Crippen LogP contribution in [0.1, 0.15) is 90.0 Å². The molecular weight excluding hydrogens is 568 g/mol. The molecule has 2 aromatic rings. The molecule has 9 heteroatoms. The van der Waals surface area contributed by atoms with Gasteiger partial charge in [-0.15, -0.1) is 0 Å². The monoisotopic (exact) mass is 622 g/mol. The van der Waals surface area contributed by atoms with Gasteiger partial charge in [0, 0.05) is 63.0 Å². The van der Waals surface area contributed by atoms with Crippen LogP contribution in [0.5, 0.6) is 5.75 Å². The molecule has 0 bridgehead atoms. The number of rotatable bonds is 9. The summed E-state index contributed by atoms with van der Waals surface area (Å²) in [6, 6.07) is 8.15. The molecule has 1 amide bonds. The predicted molar refractivity (Wildman–Crippen MR) is 178 cm³/mol. The standard InChI is InChI=1S/C36H54N4O5/c1-35(2,3)24-16-17-27(45-10)23(19-24)21-38-29-28(36(4,5)6)31(34(42)43)40(33(41)22-13-11-14-25(20-22)44-9)30(29)26-15-12-18-37-32(26)39(7)8/h12,15-19,22,25,28-31,38H,11,13-14,20-21H2,1-10H3,(H,42,43)/t22-,25-,28+,29+,30+,31+/m1/s1. The highest BCUT2D eigenvalue weighted by molar-refractivity contribution is 5.87. The Morgan fingerprint density at radius 1 is 1.09 bits per heavy atom. The van der Waals surface area contributed by atoms with Gasteiger partial charge in [-0.25, -0.2) is 9.78 Å². The number of likely N-dealkylation sites (tertiary alicyclic amines) is 1. The van der Waals surface area contributed by atoms with Crippen LogP contribution < -0.4 is 15.0 Å². The molecule has 0 spiro atoms. The molecule has 4 rings (SSSR count). The number of aliphatic carboxylic acids is 1. The van der Waals surface area contributed by atoms with Gasteiger partial charge in [-0.2, -0.15) is 0 Å². The van der Waals surface area contributed by atoms with Gasteiger partial charge in [-0.3, -0.25) is 4.79 Å². The second kappa shape index (κ2) is 13.7. The third-order valence-electron chi connectivity index (χ3n) is 9.72. The topological polar surface area (TPSA) is 104 Å². The number of carboxylic acid groups (broad SMARTS) is 1. The number of carboxylic acids is 1. The lowest BCUT2D eigenvalue weighted by Crippen LogP contribution is -2.50. The molecule has 1 aromatic carbocycles. The molecule has 2 heterocycles. The molecule has 0 unspecified atom stereocenters. The largest absolute Gasteiger partial charge is 0.496 e. The normalized spacial score (nSPS) is 25.7. The molecule has 1 aliphatic carbocycles. The van der Waals surface area contributed by atoms with Crippen LogP contribution >= 0.6 is 0 Å². The number of carbonyl (C=O) groups excluding carboxylic acids is 1. The first kappa shape index (κ1) is 34.7. The molecule has 1 aromatic heterocycles. The van der Waals surface area contributed by atoms with Crippen LogP contribution in [0, 0.1) is 17.3 Å². The Morgan fingerprint density at radius 2 is 1.80 bits per heavy atom. The van der Waals surface area contributed by atoms with Gasteiger partial charge in [0.25, 0.3) is 0 Å². The maximum Gasteiger partial charge on any atom is 0.326 e. The highest BCUT2D eigenvalue weighted by atomic mass is 16.5. The van der Waals surface area contributed by atoms with E-state index in [9.17, 15) is 14.7 Å². The molecular formula is C36H54N4O5. The molecule has 1 saturated heterocycles. The van der Waals surface area contributed by atoms with Crippen molar-refractivity contribution in [3.05, 3.63) is 53.2 Å². The van der Waals surface area contributed by atoms with Gasteiger partial charge in [0.1, 0.15) is 17.6 Å². The Bertz CT molecular complexity index is 1350. The van der Waals surface area contributed by atoms with Crippen molar-refractivity contribution in [2.75, 3.05) is 33.2 Å². The minimum Gasteiger partial charge on any atom is -0.496 e. The van der Waals surface area contributed by atoms with E-state index in [4.69, 9.17) is 14.5 Å². The first-order valence-electron chi connectivity index (χ1n) is 16.2. The lowest BCUT2D eigenvalue weighted by atomic mass is 9.72. The Balaban J connectivity index is 1.89. The SMILES string of the molecule is COc1ccc(C(C)(C)C)cc1CN[C@H]1[C@H](C(C)(C)C)[C@@H](C(=O)O)N(C(=O)[C@@H]2CCC[C@@H](OC)C2)[C@H]1c1cccnc1N(C)C. The van der Waals surface area contributed by atoms with Crippen molar-refractivity contribution in [2.24, 2.45) is 17.3 Å². The number of pyridine rings is 1. The number of methoxy groups -OCH3 is 2. The number of benzene rings is 1. The number of hydrogen-bond donors (Lipinski definition) is 2. The van der Waals surface area contributed by atoms with Crippen LogP contribution in [0.3, 0.4) is 0 Å². The van der Waals surface area contributed by atoms with Crippen molar-refractivity contribution in [1.29, 1.82) is 0 Å². The van der Waals surface area contributed by atoms with Crippen LogP contribution in [0.2, 0.25) is 0 Å². The third-order valence-corrected chi connectivity index (χ3v) is 9.72. The number of ether oxygens (including phenoxy) is 2. The van der Waals surface area contributed by atoms with E-state index >= 15 is 0 Å². The zero-order chi connectivity index (χ0) is 33.3. The molecule has 2 aliphatic rings. The number of carbonyl (C=O) groups is 2. The second-order valence-electron chi connectivity index (χ2n) is 15.1. The first-order chi connectivity index (χ1) is 21.1.